The van der Waals surface area contributed by atoms with Crippen molar-refractivity contribution in [2.45, 2.75) is 47.6 Å². The molecule has 4 nitrogen and oxygen atoms in total. The zero-order chi connectivity index (χ0) is 17.6. The number of likely N-dealkylation sites (N-methyl/N-ethyl adjacent to an activating group) is 1. The molecule has 23 heavy (non-hydrogen) atoms. The third-order valence-corrected chi connectivity index (χ3v) is 3.84. The smallest absolute Gasteiger partial charge is 0.264 e. The molecule has 0 radical (unpaired) electrons. The molecule has 0 aromatic carbocycles. The highest BCUT2D eigenvalue weighted by Gasteiger charge is 2.18. The molecular formula is C19H27N3O. The van der Waals surface area contributed by atoms with Crippen molar-refractivity contribution in [2.24, 2.45) is 0 Å². The standard InChI is InChI=1S/C19H27N3O/c1-7-9-22-15(5)10-17(16(22)6)11-18(12-20)19(23)21(8-2)13-14(3)4/h10-11H,3,7-9,13H2,1-2,4-6H3/b18-11+. The summed E-state index contributed by atoms with van der Waals surface area (Å²) < 4.78 is 2.22. The Morgan fingerprint density at radius 2 is 2.09 bits per heavy atom. The van der Waals surface area contributed by atoms with E-state index in [1.807, 2.05) is 33.8 Å². The van der Waals surface area contributed by atoms with E-state index < -0.39 is 0 Å². The maximum absolute atomic E-state index is 12.6. The topological polar surface area (TPSA) is 49.0 Å². The molecule has 0 atom stereocenters. The molecule has 4 heteroatoms. The molecule has 1 rings (SSSR count). The van der Waals surface area contributed by atoms with Crippen LogP contribution in [-0.4, -0.2) is 28.5 Å². The number of carbonyl (C=O) groups is 1. The first-order chi connectivity index (χ1) is 10.8. The number of hydrogen-bond acceptors (Lipinski definition) is 2. The first-order valence-electron chi connectivity index (χ1n) is 8.07. The summed E-state index contributed by atoms with van der Waals surface area (Å²) in [5, 5.41) is 9.41. The van der Waals surface area contributed by atoms with Crippen LogP contribution >= 0.6 is 0 Å². The van der Waals surface area contributed by atoms with E-state index in [4.69, 9.17) is 0 Å². The lowest BCUT2D eigenvalue weighted by molar-refractivity contribution is -0.126. The number of aryl methyl sites for hydroxylation is 1. The summed E-state index contributed by atoms with van der Waals surface area (Å²) in [6, 6.07) is 4.09. The number of carbonyl (C=O) groups excluding carboxylic acids is 1. The minimum atomic E-state index is -0.238. The van der Waals surface area contributed by atoms with Crippen molar-refractivity contribution in [3.8, 4) is 6.07 Å². The fourth-order valence-corrected chi connectivity index (χ4v) is 2.66. The van der Waals surface area contributed by atoms with Crippen LogP contribution in [0.25, 0.3) is 6.08 Å². The van der Waals surface area contributed by atoms with E-state index in [9.17, 15) is 10.1 Å². The van der Waals surface area contributed by atoms with Gasteiger partial charge in [0.15, 0.2) is 0 Å². The highest BCUT2D eigenvalue weighted by atomic mass is 16.2. The van der Waals surface area contributed by atoms with Gasteiger partial charge in [0.2, 0.25) is 0 Å². The van der Waals surface area contributed by atoms with Gasteiger partial charge in [0.25, 0.3) is 5.91 Å². The number of aromatic nitrogens is 1. The van der Waals surface area contributed by atoms with Crippen LogP contribution in [0, 0.1) is 25.2 Å². The van der Waals surface area contributed by atoms with Crippen LogP contribution in [0.2, 0.25) is 0 Å². The number of amides is 1. The summed E-state index contributed by atoms with van der Waals surface area (Å²) in [5.74, 6) is -0.238. The third kappa shape index (κ3) is 4.59. The molecule has 0 bridgehead atoms. The van der Waals surface area contributed by atoms with Crippen LogP contribution in [-0.2, 0) is 11.3 Å². The van der Waals surface area contributed by atoms with Crippen molar-refractivity contribution in [1.29, 1.82) is 5.26 Å². The van der Waals surface area contributed by atoms with Crippen molar-refractivity contribution in [3.05, 3.63) is 40.7 Å². The van der Waals surface area contributed by atoms with E-state index in [1.165, 1.54) is 0 Å². The maximum Gasteiger partial charge on any atom is 0.264 e. The van der Waals surface area contributed by atoms with Crippen LogP contribution < -0.4 is 0 Å². The normalized spacial score (nSPS) is 11.2. The fraction of sp³-hybridized carbons (Fsp3) is 0.474. The zero-order valence-corrected chi connectivity index (χ0v) is 14.9. The Hall–Kier alpha value is -2.28. The SMILES string of the molecule is C=C(C)CN(CC)C(=O)/C(C#N)=C/c1cc(C)n(CCC)c1C. The van der Waals surface area contributed by atoms with Crippen LogP contribution in [0.15, 0.2) is 23.8 Å². The Bertz CT molecular complexity index is 659. The van der Waals surface area contributed by atoms with E-state index in [0.717, 1.165) is 35.5 Å². The van der Waals surface area contributed by atoms with Crippen molar-refractivity contribution in [2.75, 3.05) is 13.1 Å². The number of rotatable bonds is 7. The van der Waals surface area contributed by atoms with Crippen LogP contribution in [0.1, 0.15) is 44.1 Å². The summed E-state index contributed by atoms with van der Waals surface area (Å²) in [6.07, 6.45) is 2.75. The molecule has 0 aliphatic carbocycles. The predicted octanol–water partition coefficient (Wildman–Crippen LogP) is 3.85. The summed E-state index contributed by atoms with van der Waals surface area (Å²) in [7, 11) is 0. The Balaban J connectivity index is 3.17. The first-order valence-corrected chi connectivity index (χ1v) is 8.07. The van der Waals surface area contributed by atoms with E-state index in [0.29, 0.717) is 13.1 Å². The highest BCUT2D eigenvalue weighted by Crippen LogP contribution is 2.19. The molecule has 1 aromatic rings. The van der Waals surface area contributed by atoms with Gasteiger partial charge in [0.1, 0.15) is 11.6 Å². The molecule has 1 heterocycles. The lowest BCUT2D eigenvalue weighted by Crippen LogP contribution is -2.33. The predicted molar refractivity (Wildman–Crippen MR) is 94.9 cm³/mol. The Morgan fingerprint density at radius 3 is 2.57 bits per heavy atom. The average Bonchev–Trinajstić information content (AvgIpc) is 2.77. The van der Waals surface area contributed by atoms with Gasteiger partial charge in [-0.2, -0.15) is 5.26 Å². The van der Waals surface area contributed by atoms with Gasteiger partial charge >= 0.3 is 0 Å². The van der Waals surface area contributed by atoms with Crippen molar-refractivity contribution >= 4 is 12.0 Å². The molecule has 124 valence electrons. The molecule has 0 spiro atoms. The Labute approximate surface area is 139 Å². The van der Waals surface area contributed by atoms with Crippen molar-refractivity contribution in [1.82, 2.24) is 9.47 Å². The molecule has 1 aromatic heterocycles. The van der Waals surface area contributed by atoms with E-state index >= 15 is 0 Å². The molecule has 0 fully saturated rings. The fourth-order valence-electron chi connectivity index (χ4n) is 2.66. The van der Waals surface area contributed by atoms with Crippen molar-refractivity contribution in [3.63, 3.8) is 0 Å². The highest BCUT2D eigenvalue weighted by molar-refractivity contribution is 6.01. The van der Waals surface area contributed by atoms with Crippen LogP contribution in [0.5, 0.6) is 0 Å². The van der Waals surface area contributed by atoms with Crippen molar-refractivity contribution < 1.29 is 4.79 Å². The summed E-state index contributed by atoms with van der Waals surface area (Å²) in [6.45, 7) is 15.8. The summed E-state index contributed by atoms with van der Waals surface area (Å²) >= 11 is 0. The molecule has 1 amide bonds. The minimum absolute atomic E-state index is 0.171. The summed E-state index contributed by atoms with van der Waals surface area (Å²) in [4.78, 5) is 14.2. The Kier molecular flexibility index (Phi) is 6.84. The monoisotopic (exact) mass is 313 g/mol. The third-order valence-electron chi connectivity index (χ3n) is 3.84. The molecule has 0 aliphatic heterocycles. The Morgan fingerprint density at radius 1 is 1.43 bits per heavy atom. The lowest BCUT2D eigenvalue weighted by Gasteiger charge is -2.20. The molecular weight excluding hydrogens is 286 g/mol. The second-order valence-electron chi connectivity index (χ2n) is 5.92. The lowest BCUT2D eigenvalue weighted by atomic mass is 10.1. The van der Waals surface area contributed by atoms with Crippen LogP contribution in [0.3, 0.4) is 0 Å². The molecule has 0 saturated heterocycles. The minimum Gasteiger partial charge on any atom is -0.349 e. The number of hydrogen-bond donors (Lipinski definition) is 0. The van der Waals surface area contributed by atoms with E-state index in [2.05, 4.69) is 24.1 Å². The van der Waals surface area contributed by atoms with Gasteiger partial charge < -0.3 is 9.47 Å². The van der Waals surface area contributed by atoms with Gasteiger partial charge in [-0.1, -0.05) is 19.1 Å². The quantitative estimate of drug-likeness (QED) is 0.436. The summed E-state index contributed by atoms with van der Waals surface area (Å²) in [5.41, 5.74) is 4.25. The molecule has 0 N–H and O–H groups in total. The van der Waals surface area contributed by atoms with E-state index in [-0.39, 0.29) is 11.5 Å². The largest absolute Gasteiger partial charge is 0.349 e. The van der Waals surface area contributed by atoms with Gasteiger partial charge in [-0.25, -0.2) is 0 Å². The van der Waals surface area contributed by atoms with E-state index in [1.54, 1.807) is 11.0 Å². The first kappa shape index (κ1) is 18.8. The second kappa shape index (κ2) is 8.38. The maximum atomic E-state index is 12.6. The van der Waals surface area contributed by atoms with Gasteiger partial charge in [0, 0.05) is 31.0 Å². The van der Waals surface area contributed by atoms with Crippen LogP contribution in [0.4, 0.5) is 0 Å². The second-order valence-corrected chi connectivity index (χ2v) is 5.92. The van der Waals surface area contributed by atoms with Gasteiger partial charge in [-0.3, -0.25) is 4.79 Å². The molecule has 0 saturated carbocycles. The van der Waals surface area contributed by atoms with Gasteiger partial charge in [0.05, 0.1) is 0 Å². The molecule has 0 aliphatic rings. The van der Waals surface area contributed by atoms with Gasteiger partial charge in [-0.05, 0) is 51.8 Å². The molecule has 0 unspecified atom stereocenters. The number of nitrogens with zero attached hydrogens (tertiary/aromatic N) is 3. The van der Waals surface area contributed by atoms with Gasteiger partial charge in [-0.15, -0.1) is 0 Å². The number of nitriles is 1. The average molecular weight is 313 g/mol. The zero-order valence-electron chi connectivity index (χ0n) is 14.9.